The summed E-state index contributed by atoms with van der Waals surface area (Å²) in [5.41, 5.74) is -0.419. The SMILES string of the molecule is CCCCOC(=O)c1c(OCC)cccc1[N+](=O)[O-]. The van der Waals surface area contributed by atoms with Crippen molar-refractivity contribution < 1.29 is 19.2 Å². The zero-order valence-electron chi connectivity index (χ0n) is 11.0. The number of unbranched alkanes of at least 4 members (excludes halogenated alkanes) is 1. The molecule has 0 saturated carbocycles. The molecule has 104 valence electrons. The summed E-state index contributed by atoms with van der Waals surface area (Å²) in [5, 5.41) is 11.0. The van der Waals surface area contributed by atoms with Gasteiger partial charge in [-0.3, -0.25) is 10.1 Å². The molecule has 0 unspecified atom stereocenters. The van der Waals surface area contributed by atoms with Gasteiger partial charge in [-0.25, -0.2) is 4.79 Å². The number of esters is 1. The van der Waals surface area contributed by atoms with Crippen molar-refractivity contribution in [1.82, 2.24) is 0 Å². The Balaban J connectivity index is 3.06. The van der Waals surface area contributed by atoms with Crippen molar-refractivity contribution in [3.8, 4) is 5.75 Å². The lowest BCUT2D eigenvalue weighted by Crippen LogP contribution is -2.11. The minimum atomic E-state index is -0.718. The van der Waals surface area contributed by atoms with Gasteiger partial charge in [-0.05, 0) is 19.4 Å². The van der Waals surface area contributed by atoms with Crippen LogP contribution in [0.25, 0.3) is 0 Å². The molecule has 1 aromatic rings. The molecule has 0 fully saturated rings. The first kappa shape index (κ1) is 14.9. The van der Waals surface area contributed by atoms with Gasteiger partial charge in [0.2, 0.25) is 0 Å². The zero-order chi connectivity index (χ0) is 14.3. The number of ether oxygens (including phenoxy) is 2. The van der Waals surface area contributed by atoms with Crippen LogP contribution in [0.15, 0.2) is 18.2 Å². The van der Waals surface area contributed by atoms with Gasteiger partial charge in [-0.15, -0.1) is 0 Å². The van der Waals surface area contributed by atoms with Crippen LogP contribution in [0.4, 0.5) is 5.69 Å². The lowest BCUT2D eigenvalue weighted by atomic mass is 10.1. The van der Waals surface area contributed by atoms with Crippen LogP contribution >= 0.6 is 0 Å². The monoisotopic (exact) mass is 267 g/mol. The Labute approximate surface area is 111 Å². The molecule has 0 bridgehead atoms. The molecule has 0 radical (unpaired) electrons. The van der Waals surface area contributed by atoms with E-state index in [4.69, 9.17) is 9.47 Å². The Morgan fingerprint density at radius 1 is 1.37 bits per heavy atom. The quantitative estimate of drug-likeness (QED) is 0.328. The lowest BCUT2D eigenvalue weighted by molar-refractivity contribution is -0.385. The van der Waals surface area contributed by atoms with Crippen molar-refractivity contribution >= 4 is 11.7 Å². The van der Waals surface area contributed by atoms with Crippen molar-refractivity contribution in [2.75, 3.05) is 13.2 Å². The third kappa shape index (κ3) is 3.94. The van der Waals surface area contributed by atoms with E-state index < -0.39 is 10.9 Å². The van der Waals surface area contributed by atoms with E-state index in [1.54, 1.807) is 6.92 Å². The van der Waals surface area contributed by atoms with E-state index >= 15 is 0 Å². The zero-order valence-corrected chi connectivity index (χ0v) is 11.0. The second kappa shape index (κ2) is 7.35. The van der Waals surface area contributed by atoms with Crippen LogP contribution in [0.2, 0.25) is 0 Å². The Bertz CT molecular complexity index is 458. The van der Waals surface area contributed by atoms with Crippen molar-refractivity contribution in [2.24, 2.45) is 0 Å². The number of carbonyl (C=O) groups excluding carboxylic acids is 1. The molecule has 0 spiro atoms. The van der Waals surface area contributed by atoms with Crippen molar-refractivity contribution in [3.05, 3.63) is 33.9 Å². The summed E-state index contributed by atoms with van der Waals surface area (Å²) in [6.07, 6.45) is 1.60. The van der Waals surface area contributed by atoms with E-state index in [0.717, 1.165) is 12.8 Å². The van der Waals surface area contributed by atoms with Gasteiger partial charge in [-0.2, -0.15) is 0 Å². The summed E-state index contributed by atoms with van der Waals surface area (Å²) in [6.45, 7) is 4.26. The smallest absolute Gasteiger partial charge is 0.349 e. The molecule has 0 N–H and O–H groups in total. The van der Waals surface area contributed by atoms with Gasteiger partial charge in [-0.1, -0.05) is 19.4 Å². The van der Waals surface area contributed by atoms with E-state index in [2.05, 4.69) is 0 Å². The minimum absolute atomic E-state index is 0.120. The maximum atomic E-state index is 11.9. The average Bonchev–Trinajstić information content (AvgIpc) is 2.39. The minimum Gasteiger partial charge on any atom is -0.493 e. The predicted molar refractivity (Wildman–Crippen MR) is 69.5 cm³/mol. The maximum absolute atomic E-state index is 11.9. The number of carbonyl (C=O) groups is 1. The molecule has 1 aromatic carbocycles. The van der Waals surface area contributed by atoms with Gasteiger partial charge >= 0.3 is 5.97 Å². The van der Waals surface area contributed by atoms with Gasteiger partial charge in [0.05, 0.1) is 18.1 Å². The highest BCUT2D eigenvalue weighted by molar-refractivity contribution is 5.97. The molecule has 19 heavy (non-hydrogen) atoms. The molecule has 1 rings (SSSR count). The summed E-state index contributed by atoms with van der Waals surface area (Å²) in [4.78, 5) is 22.3. The standard InChI is InChI=1S/C13H17NO5/c1-3-5-9-19-13(15)12-10(14(16)17)7-6-8-11(12)18-4-2/h6-8H,3-5,9H2,1-2H3. The summed E-state index contributed by atoms with van der Waals surface area (Å²) >= 11 is 0. The largest absolute Gasteiger partial charge is 0.493 e. The Morgan fingerprint density at radius 3 is 2.68 bits per heavy atom. The number of nitro benzene ring substituents is 1. The lowest BCUT2D eigenvalue weighted by Gasteiger charge is -2.10. The molecule has 0 aliphatic heterocycles. The highest BCUT2D eigenvalue weighted by atomic mass is 16.6. The van der Waals surface area contributed by atoms with Crippen molar-refractivity contribution in [2.45, 2.75) is 26.7 Å². The molecule has 0 aromatic heterocycles. The summed E-state index contributed by atoms with van der Waals surface area (Å²) in [5.74, 6) is -0.539. The second-order valence-corrected chi connectivity index (χ2v) is 3.83. The van der Waals surface area contributed by atoms with Gasteiger partial charge in [0.1, 0.15) is 5.75 Å². The number of hydrogen-bond donors (Lipinski definition) is 0. The summed E-state index contributed by atoms with van der Waals surface area (Å²) in [6, 6.07) is 4.26. The Hall–Kier alpha value is -2.11. The number of nitro groups is 1. The van der Waals surface area contributed by atoms with Crippen LogP contribution in [0.3, 0.4) is 0 Å². The fraction of sp³-hybridized carbons (Fsp3) is 0.462. The second-order valence-electron chi connectivity index (χ2n) is 3.83. The number of hydrogen-bond acceptors (Lipinski definition) is 5. The first-order chi connectivity index (χ1) is 9.11. The van der Waals surface area contributed by atoms with E-state index in [9.17, 15) is 14.9 Å². The van der Waals surface area contributed by atoms with Gasteiger partial charge in [0, 0.05) is 6.07 Å². The van der Waals surface area contributed by atoms with Crippen LogP contribution in [0.5, 0.6) is 5.75 Å². The van der Waals surface area contributed by atoms with Crippen LogP contribution in [0, 0.1) is 10.1 Å². The molecule has 0 amide bonds. The topological polar surface area (TPSA) is 78.7 Å². The molecular formula is C13H17NO5. The highest BCUT2D eigenvalue weighted by Crippen LogP contribution is 2.29. The molecule has 6 nitrogen and oxygen atoms in total. The van der Waals surface area contributed by atoms with Crippen LogP contribution in [0.1, 0.15) is 37.0 Å². The van der Waals surface area contributed by atoms with Crippen LogP contribution < -0.4 is 4.74 Å². The van der Waals surface area contributed by atoms with Crippen LogP contribution in [-0.4, -0.2) is 24.1 Å². The molecule has 6 heteroatoms. The molecule has 0 heterocycles. The Morgan fingerprint density at radius 2 is 2.11 bits per heavy atom. The predicted octanol–water partition coefficient (Wildman–Crippen LogP) is 2.95. The van der Waals surface area contributed by atoms with E-state index in [1.807, 2.05) is 6.92 Å². The molecule has 0 aliphatic rings. The van der Waals surface area contributed by atoms with Gasteiger partial charge in [0.15, 0.2) is 5.56 Å². The van der Waals surface area contributed by atoms with Crippen molar-refractivity contribution in [3.63, 3.8) is 0 Å². The molecule has 0 atom stereocenters. The Kier molecular flexibility index (Phi) is 5.78. The maximum Gasteiger partial charge on any atom is 0.349 e. The summed E-state index contributed by atoms with van der Waals surface area (Å²) in [7, 11) is 0. The first-order valence-electron chi connectivity index (χ1n) is 6.19. The van der Waals surface area contributed by atoms with Gasteiger partial charge in [0.25, 0.3) is 5.69 Å². The number of benzene rings is 1. The van der Waals surface area contributed by atoms with Crippen LogP contribution in [-0.2, 0) is 4.74 Å². The fourth-order valence-electron chi connectivity index (χ4n) is 1.53. The number of rotatable bonds is 7. The molecular weight excluding hydrogens is 250 g/mol. The van der Waals surface area contributed by atoms with E-state index in [1.165, 1.54) is 18.2 Å². The van der Waals surface area contributed by atoms with E-state index in [-0.39, 0.29) is 23.6 Å². The molecule has 0 aliphatic carbocycles. The third-order valence-corrected chi connectivity index (χ3v) is 2.44. The average molecular weight is 267 g/mol. The molecule has 0 saturated heterocycles. The van der Waals surface area contributed by atoms with Gasteiger partial charge < -0.3 is 9.47 Å². The van der Waals surface area contributed by atoms with E-state index in [0.29, 0.717) is 6.61 Å². The third-order valence-electron chi connectivity index (χ3n) is 2.44. The van der Waals surface area contributed by atoms with Crippen molar-refractivity contribution in [1.29, 1.82) is 0 Å². The fourth-order valence-corrected chi connectivity index (χ4v) is 1.53. The normalized spacial score (nSPS) is 10.0. The highest BCUT2D eigenvalue weighted by Gasteiger charge is 2.26. The first-order valence-corrected chi connectivity index (χ1v) is 6.19. The summed E-state index contributed by atoms with van der Waals surface area (Å²) < 4.78 is 10.3. The number of nitrogens with zero attached hydrogens (tertiary/aromatic N) is 1.